The summed E-state index contributed by atoms with van der Waals surface area (Å²) < 4.78 is 5.83. The molecule has 1 atom stereocenters. The number of hydrogen-bond donors (Lipinski definition) is 1. The molecule has 144 valence electrons. The van der Waals surface area contributed by atoms with Crippen molar-refractivity contribution in [3.8, 4) is 18.1 Å². The highest BCUT2D eigenvalue weighted by Gasteiger charge is 2.45. The summed E-state index contributed by atoms with van der Waals surface area (Å²) in [4.78, 5) is 26.0. The number of carbonyl (C=O) groups excluding carboxylic acids is 1. The number of carbonyl (C=O) groups is 2. The van der Waals surface area contributed by atoms with Gasteiger partial charge in [0.05, 0.1) is 11.1 Å². The maximum Gasteiger partial charge on any atom is 0.334 e. The molecular weight excluding hydrogens is 378 g/mol. The lowest BCUT2D eigenvalue weighted by Crippen LogP contribution is -2.53. The van der Waals surface area contributed by atoms with E-state index in [9.17, 15) is 14.7 Å². The molecule has 1 unspecified atom stereocenters. The zero-order valence-electron chi connectivity index (χ0n) is 15.4. The zero-order valence-corrected chi connectivity index (χ0v) is 16.1. The minimum Gasteiger partial charge on any atom is -0.489 e. The number of ether oxygens (including phenoxy) is 1. The molecule has 0 spiro atoms. The highest BCUT2D eigenvalue weighted by atomic mass is 35.5. The Hall–Kier alpha value is -2.97. The lowest BCUT2D eigenvalue weighted by atomic mass is 9.89. The van der Waals surface area contributed by atoms with Crippen molar-refractivity contribution in [1.82, 2.24) is 0 Å². The molecule has 0 saturated heterocycles. The normalized spacial score (nSPS) is 15.6. The molecule has 2 aromatic rings. The van der Waals surface area contributed by atoms with Gasteiger partial charge in [-0.15, -0.1) is 6.42 Å². The van der Waals surface area contributed by atoms with Crippen LogP contribution in [0.5, 0.6) is 5.75 Å². The molecule has 1 aliphatic rings. The Morgan fingerprint density at radius 2 is 1.93 bits per heavy atom. The topological polar surface area (TPSA) is 66.8 Å². The van der Waals surface area contributed by atoms with E-state index >= 15 is 0 Å². The Labute approximate surface area is 168 Å². The van der Waals surface area contributed by atoms with Gasteiger partial charge in [-0.1, -0.05) is 41.9 Å². The van der Waals surface area contributed by atoms with Gasteiger partial charge in [-0.3, -0.25) is 9.69 Å². The fraction of sp³-hybridized carbons (Fsp3) is 0.273. The zero-order chi connectivity index (χ0) is 20.3. The summed E-state index contributed by atoms with van der Waals surface area (Å²) in [7, 11) is 0. The molecule has 3 rings (SSSR count). The number of carboxylic acids is 1. The van der Waals surface area contributed by atoms with E-state index in [1.165, 1.54) is 13.0 Å². The van der Waals surface area contributed by atoms with Crippen LogP contribution in [-0.4, -0.2) is 23.1 Å². The lowest BCUT2D eigenvalue weighted by molar-refractivity contribution is -0.144. The van der Waals surface area contributed by atoms with Crippen LogP contribution in [0.2, 0.25) is 5.02 Å². The van der Waals surface area contributed by atoms with Crippen LogP contribution in [-0.2, 0) is 15.1 Å². The van der Waals surface area contributed by atoms with Crippen LogP contribution in [0, 0.1) is 12.3 Å². The lowest BCUT2D eigenvalue weighted by Gasteiger charge is -2.37. The number of nitrogens with zero attached hydrogens (tertiary/aromatic N) is 1. The van der Waals surface area contributed by atoms with E-state index in [1.54, 1.807) is 42.5 Å². The molecule has 6 heteroatoms. The average Bonchev–Trinajstić information content (AvgIpc) is 2.66. The summed E-state index contributed by atoms with van der Waals surface area (Å²) in [5.41, 5.74) is -1.02. The van der Waals surface area contributed by atoms with Crippen molar-refractivity contribution < 1.29 is 19.4 Å². The standard InChI is InChI=1S/C22H20ClNO4/c1-3-20(25)24(22(2,21(26)27)15-8-5-4-6-9-15)16-12-13-19(18(23)14-16)28-17-10-7-11-17/h1,4-6,8-9,12-14,17H,7,10-11H2,2H3,(H,26,27). The summed E-state index contributed by atoms with van der Waals surface area (Å²) in [5, 5.41) is 10.3. The van der Waals surface area contributed by atoms with Crippen LogP contribution < -0.4 is 9.64 Å². The Morgan fingerprint density at radius 1 is 1.25 bits per heavy atom. The summed E-state index contributed by atoms with van der Waals surface area (Å²) in [6.07, 6.45) is 8.57. The molecule has 1 fully saturated rings. The number of anilines is 1. The number of amides is 1. The molecule has 1 amide bonds. The van der Waals surface area contributed by atoms with Crippen molar-refractivity contribution in [3.63, 3.8) is 0 Å². The second kappa shape index (κ2) is 7.95. The minimum atomic E-state index is -1.72. The van der Waals surface area contributed by atoms with Gasteiger partial charge >= 0.3 is 11.9 Å². The van der Waals surface area contributed by atoms with Gasteiger partial charge in [-0.25, -0.2) is 4.79 Å². The molecule has 0 aromatic heterocycles. The number of benzene rings is 2. The van der Waals surface area contributed by atoms with E-state index in [-0.39, 0.29) is 11.8 Å². The second-order valence-electron chi connectivity index (χ2n) is 6.81. The van der Waals surface area contributed by atoms with Gasteiger partial charge in [-0.05, 0) is 55.9 Å². The molecule has 5 nitrogen and oxygen atoms in total. The average molecular weight is 398 g/mol. The third-order valence-electron chi connectivity index (χ3n) is 5.05. The van der Waals surface area contributed by atoms with E-state index in [0.29, 0.717) is 16.3 Å². The first-order chi connectivity index (χ1) is 13.4. The molecule has 1 N–H and O–H groups in total. The monoisotopic (exact) mass is 397 g/mol. The van der Waals surface area contributed by atoms with Crippen LogP contribution >= 0.6 is 11.6 Å². The molecule has 0 heterocycles. The van der Waals surface area contributed by atoms with Gasteiger partial charge < -0.3 is 9.84 Å². The van der Waals surface area contributed by atoms with Gasteiger partial charge in [0.15, 0.2) is 5.54 Å². The molecule has 1 saturated carbocycles. The van der Waals surface area contributed by atoms with Crippen LogP contribution in [0.15, 0.2) is 48.5 Å². The predicted molar refractivity (Wildman–Crippen MR) is 107 cm³/mol. The summed E-state index contributed by atoms with van der Waals surface area (Å²) >= 11 is 6.36. The van der Waals surface area contributed by atoms with Crippen molar-refractivity contribution in [2.75, 3.05) is 4.90 Å². The summed E-state index contributed by atoms with van der Waals surface area (Å²) in [6, 6.07) is 13.2. The molecule has 0 bridgehead atoms. The number of terminal acetylenes is 1. The fourth-order valence-electron chi connectivity index (χ4n) is 3.15. The Bertz CT molecular complexity index is 933. The maximum absolute atomic E-state index is 12.6. The van der Waals surface area contributed by atoms with Crippen LogP contribution in [0.4, 0.5) is 5.69 Å². The molecule has 2 aromatic carbocycles. The van der Waals surface area contributed by atoms with Crippen molar-refractivity contribution in [2.45, 2.75) is 37.8 Å². The quantitative estimate of drug-likeness (QED) is 0.740. The maximum atomic E-state index is 12.6. The third-order valence-corrected chi connectivity index (χ3v) is 5.34. The first kappa shape index (κ1) is 19.8. The molecule has 0 radical (unpaired) electrons. The first-order valence-electron chi connectivity index (χ1n) is 8.94. The number of rotatable bonds is 6. The van der Waals surface area contributed by atoms with Crippen LogP contribution in [0.3, 0.4) is 0 Å². The highest BCUT2D eigenvalue weighted by Crippen LogP contribution is 2.38. The Kier molecular flexibility index (Phi) is 5.62. The van der Waals surface area contributed by atoms with Gasteiger partial charge in [-0.2, -0.15) is 0 Å². The fourth-order valence-corrected chi connectivity index (χ4v) is 3.37. The minimum absolute atomic E-state index is 0.139. The van der Waals surface area contributed by atoms with Crippen molar-refractivity contribution in [2.24, 2.45) is 0 Å². The van der Waals surface area contributed by atoms with Crippen LogP contribution in [0.1, 0.15) is 31.7 Å². The smallest absolute Gasteiger partial charge is 0.334 e. The Morgan fingerprint density at radius 3 is 2.43 bits per heavy atom. The van der Waals surface area contributed by atoms with E-state index in [0.717, 1.165) is 24.2 Å². The highest BCUT2D eigenvalue weighted by molar-refractivity contribution is 6.32. The number of aliphatic carboxylic acids is 1. The predicted octanol–water partition coefficient (Wildman–Crippen LogP) is 4.24. The van der Waals surface area contributed by atoms with Gasteiger partial charge in [0.1, 0.15) is 5.75 Å². The van der Waals surface area contributed by atoms with Gasteiger partial charge in [0.25, 0.3) is 0 Å². The van der Waals surface area contributed by atoms with Crippen molar-refractivity contribution in [1.29, 1.82) is 0 Å². The second-order valence-corrected chi connectivity index (χ2v) is 7.22. The summed E-state index contributed by atoms with van der Waals surface area (Å²) in [6.45, 7) is 1.44. The SMILES string of the molecule is C#CC(=O)N(c1ccc(OC2CCC2)c(Cl)c1)C(C)(C(=O)O)c1ccccc1. The number of hydrogen-bond acceptors (Lipinski definition) is 3. The van der Waals surface area contributed by atoms with Gasteiger partial charge in [0.2, 0.25) is 0 Å². The van der Waals surface area contributed by atoms with E-state index in [1.807, 2.05) is 5.92 Å². The first-order valence-corrected chi connectivity index (χ1v) is 9.31. The third kappa shape index (κ3) is 3.56. The number of halogens is 1. The molecule has 0 aliphatic heterocycles. The van der Waals surface area contributed by atoms with Crippen molar-refractivity contribution in [3.05, 3.63) is 59.1 Å². The van der Waals surface area contributed by atoms with Gasteiger partial charge in [0, 0.05) is 5.69 Å². The van der Waals surface area contributed by atoms with Crippen LogP contribution in [0.25, 0.3) is 0 Å². The molecular formula is C22H20ClNO4. The molecule has 1 aliphatic carbocycles. The Balaban J connectivity index is 2.07. The summed E-state index contributed by atoms with van der Waals surface area (Å²) in [5.74, 6) is 0.533. The van der Waals surface area contributed by atoms with E-state index < -0.39 is 17.4 Å². The van der Waals surface area contributed by atoms with Crippen molar-refractivity contribution >= 4 is 29.2 Å². The largest absolute Gasteiger partial charge is 0.489 e. The molecule has 28 heavy (non-hydrogen) atoms. The van der Waals surface area contributed by atoms with E-state index in [4.69, 9.17) is 22.8 Å². The van der Waals surface area contributed by atoms with E-state index in [2.05, 4.69) is 0 Å². The number of carboxylic acid groups (broad SMARTS) is 1.